The van der Waals surface area contributed by atoms with Gasteiger partial charge in [-0.2, -0.15) is 26.3 Å². The Balaban J connectivity index is 0.00000364. The number of rotatable bonds is 2. The van der Waals surface area contributed by atoms with Crippen molar-refractivity contribution >= 4 is 24.8 Å². The Morgan fingerprint density at radius 3 is 1.79 bits per heavy atom. The van der Waals surface area contributed by atoms with E-state index in [2.05, 4.69) is 5.32 Å². The topological polar surface area (TPSA) is 15.3 Å². The summed E-state index contributed by atoms with van der Waals surface area (Å²) in [5.74, 6) is -1.48. The molecule has 1 N–H and O–H groups in total. The van der Waals surface area contributed by atoms with E-state index in [1.165, 1.54) is 0 Å². The molecule has 2 nitrogen and oxygen atoms in total. The molecule has 1 saturated heterocycles. The van der Waals surface area contributed by atoms with Gasteiger partial charge in [-0.05, 0) is 17.5 Å². The van der Waals surface area contributed by atoms with E-state index in [0.717, 1.165) is 0 Å². The van der Waals surface area contributed by atoms with Crippen LogP contribution in [0.25, 0.3) is 0 Å². The van der Waals surface area contributed by atoms with Crippen molar-refractivity contribution in [3.05, 3.63) is 34.6 Å². The van der Waals surface area contributed by atoms with Crippen LogP contribution in [-0.4, -0.2) is 31.1 Å². The van der Waals surface area contributed by atoms with Crippen molar-refractivity contribution < 1.29 is 30.7 Å². The highest BCUT2D eigenvalue weighted by Crippen LogP contribution is 2.46. The summed E-state index contributed by atoms with van der Waals surface area (Å²) in [4.78, 5) is 1.69. The summed E-state index contributed by atoms with van der Waals surface area (Å²) in [5.41, 5.74) is -4.75. The first-order valence-electron chi connectivity index (χ1n) is 8.15. The summed E-state index contributed by atoms with van der Waals surface area (Å²) in [6.07, 6.45) is -10.2. The number of nitrogens with one attached hydrogen (secondary N) is 1. The summed E-state index contributed by atoms with van der Waals surface area (Å²) in [5, 5.41) is 3.05. The maximum atomic E-state index is 14.7. The van der Waals surface area contributed by atoms with Crippen LogP contribution >= 0.6 is 24.8 Å². The van der Waals surface area contributed by atoms with E-state index in [4.69, 9.17) is 0 Å². The fourth-order valence-corrected chi connectivity index (χ4v) is 3.40. The first-order valence-corrected chi connectivity index (χ1v) is 8.15. The van der Waals surface area contributed by atoms with Crippen molar-refractivity contribution in [1.82, 2.24) is 10.2 Å². The molecule has 1 aromatic carbocycles. The zero-order valence-electron chi connectivity index (χ0n) is 15.5. The van der Waals surface area contributed by atoms with E-state index < -0.39 is 46.3 Å². The normalized spacial score (nSPS) is 17.5. The smallest absolute Gasteiger partial charge is 0.314 e. The summed E-state index contributed by atoms with van der Waals surface area (Å²) >= 11 is 0. The van der Waals surface area contributed by atoms with Gasteiger partial charge in [0.1, 0.15) is 5.82 Å². The Kier molecular flexibility index (Phi) is 9.11. The Labute approximate surface area is 171 Å². The molecule has 1 atom stereocenters. The van der Waals surface area contributed by atoms with Crippen LogP contribution in [0, 0.1) is 11.2 Å². The average molecular weight is 459 g/mol. The standard InChI is InChI=1S/C17H21F7N2.2ClH/c1-15(2,3)14(26-6-4-25-5-7-26)13-11(17(22,23)24)8-10(9-12(13)18)16(19,20)21;;/h8-9,14,25H,4-7H2,1-3H3;2*1H/t14-;;/m0../s1. The lowest BCUT2D eigenvalue weighted by molar-refractivity contribution is -0.144. The molecule has 0 amide bonds. The van der Waals surface area contributed by atoms with Gasteiger partial charge in [0.05, 0.1) is 11.1 Å². The molecule has 11 heteroatoms. The van der Waals surface area contributed by atoms with E-state index in [-0.39, 0.29) is 36.9 Å². The number of nitrogens with zero attached hydrogens (tertiary/aromatic N) is 1. The van der Waals surface area contributed by atoms with Crippen molar-refractivity contribution in [3.63, 3.8) is 0 Å². The van der Waals surface area contributed by atoms with Gasteiger partial charge in [-0.1, -0.05) is 20.8 Å². The first kappa shape index (κ1) is 27.2. The van der Waals surface area contributed by atoms with Gasteiger partial charge >= 0.3 is 12.4 Å². The zero-order valence-corrected chi connectivity index (χ0v) is 17.1. The predicted molar refractivity (Wildman–Crippen MR) is 97.5 cm³/mol. The molecule has 0 unspecified atom stereocenters. The summed E-state index contributed by atoms with van der Waals surface area (Å²) in [7, 11) is 0. The molecule has 1 aliphatic rings. The summed E-state index contributed by atoms with van der Waals surface area (Å²) in [6.45, 7) is 6.72. The van der Waals surface area contributed by atoms with E-state index in [1.54, 1.807) is 25.7 Å². The molecule has 0 bridgehead atoms. The van der Waals surface area contributed by atoms with Crippen LogP contribution in [0.3, 0.4) is 0 Å². The van der Waals surface area contributed by atoms with Crippen molar-refractivity contribution in [2.24, 2.45) is 5.41 Å². The molecule has 0 radical (unpaired) electrons. The van der Waals surface area contributed by atoms with Gasteiger partial charge in [0.25, 0.3) is 0 Å². The van der Waals surface area contributed by atoms with Gasteiger partial charge < -0.3 is 5.32 Å². The van der Waals surface area contributed by atoms with E-state index in [0.29, 0.717) is 26.2 Å². The summed E-state index contributed by atoms with van der Waals surface area (Å²) < 4.78 is 94.0. The highest BCUT2D eigenvalue weighted by molar-refractivity contribution is 5.85. The fourth-order valence-electron chi connectivity index (χ4n) is 3.40. The van der Waals surface area contributed by atoms with Gasteiger partial charge in [0, 0.05) is 37.8 Å². The Morgan fingerprint density at radius 1 is 0.893 bits per heavy atom. The molecular weight excluding hydrogens is 436 g/mol. The van der Waals surface area contributed by atoms with Gasteiger partial charge in [-0.15, -0.1) is 24.8 Å². The average Bonchev–Trinajstić information content (AvgIpc) is 2.46. The number of hydrogen-bond acceptors (Lipinski definition) is 2. The van der Waals surface area contributed by atoms with Crippen LogP contribution in [0.4, 0.5) is 30.7 Å². The van der Waals surface area contributed by atoms with Crippen LogP contribution < -0.4 is 5.32 Å². The molecule has 0 spiro atoms. The van der Waals surface area contributed by atoms with Gasteiger partial charge in [0.15, 0.2) is 0 Å². The minimum absolute atomic E-state index is 0. The molecule has 1 fully saturated rings. The van der Waals surface area contributed by atoms with Crippen molar-refractivity contribution in [3.8, 4) is 0 Å². The minimum Gasteiger partial charge on any atom is -0.314 e. The number of benzene rings is 1. The number of halogens is 9. The largest absolute Gasteiger partial charge is 0.416 e. The number of piperazine rings is 1. The second-order valence-electron chi connectivity index (χ2n) is 7.47. The quantitative estimate of drug-likeness (QED) is 0.571. The van der Waals surface area contributed by atoms with Crippen LogP contribution in [0.5, 0.6) is 0 Å². The monoisotopic (exact) mass is 458 g/mol. The maximum Gasteiger partial charge on any atom is 0.416 e. The first-order chi connectivity index (χ1) is 11.7. The predicted octanol–water partition coefficient (Wildman–Crippen LogP) is 5.70. The van der Waals surface area contributed by atoms with Gasteiger partial charge in [-0.25, -0.2) is 4.39 Å². The Hall–Kier alpha value is -0.770. The van der Waals surface area contributed by atoms with Crippen molar-refractivity contribution in [2.45, 2.75) is 39.2 Å². The second kappa shape index (κ2) is 9.36. The molecular formula is C17H23Cl2F7N2. The molecule has 28 heavy (non-hydrogen) atoms. The third-order valence-electron chi connectivity index (χ3n) is 4.37. The highest BCUT2D eigenvalue weighted by atomic mass is 35.5. The zero-order chi connectivity index (χ0) is 19.9. The van der Waals surface area contributed by atoms with Crippen LogP contribution in [0.1, 0.15) is 43.5 Å². The molecule has 0 aromatic heterocycles. The lowest BCUT2D eigenvalue weighted by Gasteiger charge is -2.43. The van der Waals surface area contributed by atoms with E-state index >= 15 is 0 Å². The molecule has 2 rings (SSSR count). The van der Waals surface area contributed by atoms with Gasteiger partial charge in [-0.3, -0.25) is 4.90 Å². The van der Waals surface area contributed by atoms with E-state index in [1.807, 2.05) is 0 Å². The molecule has 0 aliphatic carbocycles. The van der Waals surface area contributed by atoms with Crippen LogP contribution in [0.15, 0.2) is 12.1 Å². The van der Waals surface area contributed by atoms with Crippen molar-refractivity contribution in [2.75, 3.05) is 26.2 Å². The van der Waals surface area contributed by atoms with Gasteiger partial charge in [0.2, 0.25) is 0 Å². The third kappa shape index (κ3) is 6.11. The van der Waals surface area contributed by atoms with Crippen molar-refractivity contribution in [1.29, 1.82) is 0 Å². The Morgan fingerprint density at radius 2 is 1.39 bits per heavy atom. The summed E-state index contributed by atoms with van der Waals surface area (Å²) in [6, 6.07) is -0.839. The highest BCUT2D eigenvalue weighted by Gasteiger charge is 2.45. The second-order valence-corrected chi connectivity index (χ2v) is 7.47. The third-order valence-corrected chi connectivity index (χ3v) is 4.37. The molecule has 1 aromatic rings. The lowest BCUT2D eigenvalue weighted by Crippen LogP contribution is -2.49. The molecule has 1 heterocycles. The maximum absolute atomic E-state index is 14.7. The van der Waals surface area contributed by atoms with Crippen LogP contribution in [0.2, 0.25) is 0 Å². The SMILES string of the molecule is CC(C)(C)[C@H](c1c(F)cc(C(F)(F)F)cc1C(F)(F)F)N1CCNCC1.Cl.Cl. The van der Waals surface area contributed by atoms with Crippen LogP contribution in [-0.2, 0) is 12.4 Å². The van der Waals surface area contributed by atoms with E-state index in [9.17, 15) is 30.7 Å². The molecule has 164 valence electrons. The molecule has 0 saturated carbocycles. The number of hydrogen-bond donors (Lipinski definition) is 1. The fraction of sp³-hybridized carbons (Fsp3) is 0.647. The minimum atomic E-state index is -5.10. The molecule has 1 aliphatic heterocycles. The Bertz CT molecular complexity index is 649. The lowest BCUT2D eigenvalue weighted by atomic mass is 9.78. The number of alkyl halides is 6.